The second-order valence-corrected chi connectivity index (χ2v) is 7.03. The molecule has 0 saturated carbocycles. The van der Waals surface area contributed by atoms with Gasteiger partial charge in [-0.2, -0.15) is 5.10 Å². The Morgan fingerprint density at radius 2 is 1.84 bits per heavy atom. The Hall–Kier alpha value is -2.63. The monoisotopic (exact) mass is 367 g/mol. The quantitative estimate of drug-likeness (QED) is 0.540. The molecule has 4 aromatic rings. The molecule has 0 aliphatic heterocycles. The lowest BCUT2D eigenvalue weighted by Crippen LogP contribution is -2.13. The van der Waals surface area contributed by atoms with Crippen LogP contribution in [-0.2, 0) is 7.05 Å². The lowest BCUT2D eigenvalue weighted by molar-refractivity contribution is 0.103. The highest BCUT2D eigenvalue weighted by Crippen LogP contribution is 2.35. The molecule has 0 fully saturated rings. The molecule has 0 spiro atoms. The zero-order chi connectivity index (χ0) is 17.4. The Morgan fingerprint density at radius 1 is 1.12 bits per heavy atom. The van der Waals surface area contributed by atoms with Crippen molar-refractivity contribution in [2.24, 2.45) is 7.05 Å². The summed E-state index contributed by atoms with van der Waals surface area (Å²) in [6.07, 6.45) is 0. The number of aryl methyl sites for hydroxylation is 1. The molecule has 0 bridgehead atoms. The maximum Gasteiger partial charge on any atom is 0.268 e. The second kappa shape index (κ2) is 6.35. The molecule has 124 valence electrons. The van der Waals surface area contributed by atoms with Crippen LogP contribution in [0.25, 0.3) is 21.3 Å². The average molecular weight is 368 g/mol. The molecule has 1 amide bonds. The Balaban J connectivity index is 1.64. The summed E-state index contributed by atoms with van der Waals surface area (Å²) >= 11 is 7.77. The third-order valence-corrected chi connectivity index (χ3v) is 5.61. The molecule has 0 radical (unpaired) electrons. The van der Waals surface area contributed by atoms with Crippen molar-refractivity contribution in [3.8, 4) is 11.3 Å². The fourth-order valence-electron chi connectivity index (χ4n) is 2.67. The zero-order valence-corrected chi connectivity index (χ0v) is 14.9. The Morgan fingerprint density at radius 3 is 2.60 bits per heavy atom. The van der Waals surface area contributed by atoms with E-state index in [0.717, 1.165) is 21.3 Å². The highest BCUT2D eigenvalue weighted by molar-refractivity contribution is 7.21. The van der Waals surface area contributed by atoms with Gasteiger partial charge >= 0.3 is 0 Å². The van der Waals surface area contributed by atoms with Crippen LogP contribution in [-0.4, -0.2) is 15.7 Å². The highest BCUT2D eigenvalue weighted by atomic mass is 35.5. The van der Waals surface area contributed by atoms with Crippen molar-refractivity contribution < 1.29 is 4.79 Å². The van der Waals surface area contributed by atoms with Crippen LogP contribution < -0.4 is 5.32 Å². The van der Waals surface area contributed by atoms with E-state index in [1.54, 1.807) is 11.7 Å². The number of fused-ring (bicyclic) bond motifs is 1. The molecule has 0 aliphatic carbocycles. The van der Waals surface area contributed by atoms with Gasteiger partial charge in [-0.1, -0.05) is 60.1 Å². The topological polar surface area (TPSA) is 46.9 Å². The number of halogens is 1. The van der Waals surface area contributed by atoms with E-state index in [0.29, 0.717) is 15.7 Å². The van der Waals surface area contributed by atoms with Crippen LogP contribution in [0.2, 0.25) is 5.02 Å². The minimum Gasteiger partial charge on any atom is -0.306 e. The Kier molecular flexibility index (Phi) is 4.03. The number of aromatic nitrogens is 2. The number of carbonyl (C=O) groups excluding carboxylic acids is 1. The van der Waals surface area contributed by atoms with E-state index in [-0.39, 0.29) is 5.91 Å². The van der Waals surface area contributed by atoms with Crippen molar-refractivity contribution in [1.82, 2.24) is 9.78 Å². The molecule has 0 aliphatic rings. The first kappa shape index (κ1) is 15.9. The van der Waals surface area contributed by atoms with Crippen LogP contribution in [0.1, 0.15) is 9.67 Å². The molecular weight excluding hydrogens is 354 g/mol. The largest absolute Gasteiger partial charge is 0.306 e. The van der Waals surface area contributed by atoms with Crippen LogP contribution in [0.5, 0.6) is 0 Å². The standard InChI is InChI=1S/C19H14ClN3OS/c1-23-16(11-14(22-23)12-7-3-2-4-8-12)21-19(24)18-17(20)13-9-5-6-10-15(13)25-18/h2-11H,1H3,(H,21,24). The van der Waals surface area contributed by atoms with E-state index in [1.165, 1.54) is 11.3 Å². The van der Waals surface area contributed by atoms with Crippen molar-refractivity contribution in [1.29, 1.82) is 0 Å². The van der Waals surface area contributed by atoms with E-state index in [9.17, 15) is 4.79 Å². The Labute approximate surface area is 153 Å². The summed E-state index contributed by atoms with van der Waals surface area (Å²) in [5.41, 5.74) is 1.80. The summed E-state index contributed by atoms with van der Waals surface area (Å²) in [7, 11) is 1.80. The van der Waals surface area contributed by atoms with E-state index >= 15 is 0 Å². The summed E-state index contributed by atoms with van der Waals surface area (Å²) in [5.74, 6) is 0.395. The maximum absolute atomic E-state index is 12.7. The minimum absolute atomic E-state index is 0.228. The lowest BCUT2D eigenvalue weighted by Gasteiger charge is -2.03. The van der Waals surface area contributed by atoms with Crippen molar-refractivity contribution >= 4 is 44.7 Å². The van der Waals surface area contributed by atoms with Crippen LogP contribution in [0.15, 0.2) is 60.7 Å². The van der Waals surface area contributed by atoms with Crippen molar-refractivity contribution in [2.75, 3.05) is 5.32 Å². The number of amides is 1. The number of nitrogens with zero attached hydrogens (tertiary/aromatic N) is 2. The molecule has 2 heterocycles. The van der Waals surface area contributed by atoms with Gasteiger partial charge in [-0.25, -0.2) is 0 Å². The van der Waals surface area contributed by atoms with Gasteiger partial charge in [-0.05, 0) is 6.07 Å². The second-order valence-electron chi connectivity index (χ2n) is 5.60. The van der Waals surface area contributed by atoms with Crippen molar-refractivity contribution in [2.45, 2.75) is 0 Å². The zero-order valence-electron chi connectivity index (χ0n) is 13.4. The molecule has 25 heavy (non-hydrogen) atoms. The van der Waals surface area contributed by atoms with E-state index in [4.69, 9.17) is 11.6 Å². The first-order valence-corrected chi connectivity index (χ1v) is 8.91. The number of nitrogens with one attached hydrogen (secondary N) is 1. The number of hydrogen-bond acceptors (Lipinski definition) is 3. The maximum atomic E-state index is 12.7. The van der Waals surface area contributed by atoms with E-state index in [2.05, 4.69) is 10.4 Å². The summed E-state index contributed by atoms with van der Waals surface area (Å²) < 4.78 is 2.65. The molecule has 0 unspecified atom stereocenters. The van der Waals surface area contributed by atoms with Gasteiger partial charge in [0.25, 0.3) is 5.91 Å². The third kappa shape index (κ3) is 2.92. The molecule has 4 rings (SSSR count). The van der Waals surface area contributed by atoms with Gasteiger partial charge in [-0.3, -0.25) is 9.48 Å². The normalized spacial score (nSPS) is 11.0. The van der Waals surface area contributed by atoms with Gasteiger partial charge in [0.2, 0.25) is 0 Å². The molecule has 2 aromatic heterocycles. The summed E-state index contributed by atoms with van der Waals surface area (Å²) in [4.78, 5) is 13.2. The predicted molar refractivity (Wildman–Crippen MR) is 103 cm³/mol. The van der Waals surface area contributed by atoms with E-state index < -0.39 is 0 Å². The van der Waals surface area contributed by atoms with Gasteiger partial charge in [0.05, 0.1) is 10.7 Å². The number of anilines is 1. The Bertz CT molecular complexity index is 1070. The summed E-state index contributed by atoms with van der Waals surface area (Å²) in [6.45, 7) is 0. The van der Waals surface area contributed by atoms with Crippen LogP contribution in [0.4, 0.5) is 5.82 Å². The number of thiophene rings is 1. The molecule has 2 aromatic carbocycles. The predicted octanol–water partition coefficient (Wildman–Crippen LogP) is 5.21. The first-order chi connectivity index (χ1) is 12.1. The van der Waals surface area contributed by atoms with Gasteiger partial charge < -0.3 is 5.32 Å². The summed E-state index contributed by atoms with van der Waals surface area (Å²) in [6, 6.07) is 19.4. The number of carbonyl (C=O) groups is 1. The minimum atomic E-state index is -0.228. The third-order valence-electron chi connectivity index (χ3n) is 3.93. The number of hydrogen-bond donors (Lipinski definition) is 1. The lowest BCUT2D eigenvalue weighted by atomic mass is 10.1. The molecule has 6 heteroatoms. The SMILES string of the molecule is Cn1nc(-c2ccccc2)cc1NC(=O)c1sc2ccccc2c1Cl. The smallest absolute Gasteiger partial charge is 0.268 e. The first-order valence-electron chi connectivity index (χ1n) is 7.71. The van der Waals surface area contributed by atoms with Crippen molar-refractivity contribution in [3.63, 3.8) is 0 Å². The molecule has 0 atom stereocenters. The highest BCUT2D eigenvalue weighted by Gasteiger charge is 2.18. The fourth-order valence-corrected chi connectivity index (χ4v) is 4.08. The van der Waals surface area contributed by atoms with E-state index in [1.807, 2.05) is 60.7 Å². The molecular formula is C19H14ClN3OS. The van der Waals surface area contributed by atoms with Gasteiger partial charge in [0.1, 0.15) is 10.7 Å². The van der Waals surface area contributed by atoms with Crippen LogP contribution in [0, 0.1) is 0 Å². The number of benzene rings is 2. The fraction of sp³-hybridized carbons (Fsp3) is 0.0526. The average Bonchev–Trinajstić information content (AvgIpc) is 3.17. The van der Waals surface area contributed by atoms with Gasteiger partial charge in [0.15, 0.2) is 0 Å². The molecule has 1 N–H and O–H groups in total. The summed E-state index contributed by atoms with van der Waals surface area (Å²) in [5, 5.41) is 8.76. The van der Waals surface area contributed by atoms with Crippen LogP contribution in [0.3, 0.4) is 0 Å². The van der Waals surface area contributed by atoms with Crippen molar-refractivity contribution in [3.05, 3.63) is 70.6 Å². The van der Waals surface area contributed by atoms with Crippen LogP contribution >= 0.6 is 22.9 Å². The number of rotatable bonds is 3. The molecule has 0 saturated heterocycles. The van der Waals surface area contributed by atoms with Gasteiger partial charge in [-0.15, -0.1) is 11.3 Å². The van der Waals surface area contributed by atoms with Gasteiger partial charge in [0, 0.05) is 28.8 Å². The molecule has 4 nitrogen and oxygen atoms in total.